The van der Waals surface area contributed by atoms with Crippen LogP contribution >= 0.6 is 0 Å². The van der Waals surface area contributed by atoms with Gasteiger partial charge in [-0.3, -0.25) is 9.78 Å². The van der Waals surface area contributed by atoms with Crippen molar-refractivity contribution in [3.05, 3.63) is 48.7 Å². The Hall–Kier alpha value is -2.69. The third-order valence-electron chi connectivity index (χ3n) is 4.57. The molecule has 5 nitrogen and oxygen atoms in total. The molecule has 0 unspecified atom stereocenters. The number of imidazole rings is 1. The minimum atomic E-state index is 0.0437. The fourth-order valence-corrected chi connectivity index (χ4v) is 3.41. The Morgan fingerprint density at radius 2 is 1.92 bits per heavy atom. The van der Waals surface area contributed by atoms with Gasteiger partial charge in [-0.25, -0.2) is 4.98 Å². The van der Waals surface area contributed by atoms with Gasteiger partial charge >= 0.3 is 0 Å². The second kappa shape index (κ2) is 6.43. The molecule has 0 bridgehead atoms. The molecule has 0 radical (unpaired) electrons. The van der Waals surface area contributed by atoms with Gasteiger partial charge in [0.15, 0.2) is 5.82 Å². The number of nitrogens with one attached hydrogen (secondary N) is 1. The Morgan fingerprint density at radius 3 is 2.71 bits per heavy atom. The number of amides is 1. The van der Waals surface area contributed by atoms with Crippen LogP contribution in [0.3, 0.4) is 0 Å². The van der Waals surface area contributed by atoms with Crippen LogP contribution in [0, 0.1) is 0 Å². The molecule has 0 saturated heterocycles. The van der Waals surface area contributed by atoms with Gasteiger partial charge in [-0.2, -0.15) is 0 Å². The Labute approximate surface area is 140 Å². The van der Waals surface area contributed by atoms with E-state index in [2.05, 4.69) is 15.3 Å². The van der Waals surface area contributed by atoms with Crippen molar-refractivity contribution in [1.82, 2.24) is 19.9 Å². The van der Waals surface area contributed by atoms with Crippen molar-refractivity contribution >= 4 is 16.9 Å². The van der Waals surface area contributed by atoms with Gasteiger partial charge in [0.25, 0.3) is 0 Å². The van der Waals surface area contributed by atoms with Gasteiger partial charge in [0.2, 0.25) is 5.91 Å². The van der Waals surface area contributed by atoms with Crippen molar-refractivity contribution in [2.75, 3.05) is 0 Å². The predicted octanol–water partition coefficient (Wildman–Crippen LogP) is 3.16. The molecule has 0 aliphatic heterocycles. The monoisotopic (exact) mass is 320 g/mol. The number of nitrogens with zero attached hydrogens (tertiary/aromatic N) is 3. The fraction of sp³-hybridized carbons (Fsp3) is 0.316. The highest BCUT2D eigenvalue weighted by atomic mass is 16.2. The number of carbonyl (C=O) groups is 1. The van der Waals surface area contributed by atoms with Crippen LogP contribution in [0.25, 0.3) is 22.6 Å². The summed E-state index contributed by atoms with van der Waals surface area (Å²) < 4.78 is 1.96. The number of rotatable bonds is 4. The summed E-state index contributed by atoms with van der Waals surface area (Å²) in [4.78, 5) is 21.6. The number of fused-ring (bicyclic) bond motifs is 1. The molecule has 2 heterocycles. The second-order valence-corrected chi connectivity index (χ2v) is 6.27. The van der Waals surface area contributed by atoms with Crippen molar-refractivity contribution in [3.63, 3.8) is 0 Å². The summed E-state index contributed by atoms with van der Waals surface area (Å²) in [5.41, 5.74) is 2.62. The summed E-state index contributed by atoms with van der Waals surface area (Å²) in [6.45, 7) is 0.267. The van der Waals surface area contributed by atoms with Gasteiger partial charge in [-0.05, 0) is 37.1 Å². The lowest BCUT2D eigenvalue weighted by Crippen LogP contribution is -2.35. The molecule has 122 valence electrons. The Balaban J connectivity index is 1.68. The maximum absolute atomic E-state index is 12.5. The second-order valence-electron chi connectivity index (χ2n) is 6.27. The molecule has 3 aromatic rings. The van der Waals surface area contributed by atoms with Gasteiger partial charge < -0.3 is 9.88 Å². The first-order chi connectivity index (χ1) is 11.8. The average Bonchev–Trinajstić information content (AvgIpc) is 3.24. The van der Waals surface area contributed by atoms with E-state index in [0.29, 0.717) is 6.04 Å². The van der Waals surface area contributed by atoms with Crippen LogP contribution in [-0.2, 0) is 11.3 Å². The van der Waals surface area contributed by atoms with Crippen molar-refractivity contribution in [2.45, 2.75) is 38.3 Å². The number of aromatic nitrogens is 3. The quantitative estimate of drug-likeness (QED) is 0.803. The largest absolute Gasteiger partial charge is 0.352 e. The molecule has 1 fully saturated rings. The highest BCUT2D eigenvalue weighted by Crippen LogP contribution is 2.23. The third-order valence-corrected chi connectivity index (χ3v) is 4.57. The number of pyridine rings is 1. The summed E-state index contributed by atoms with van der Waals surface area (Å²) in [5, 5.41) is 3.15. The SMILES string of the molecule is O=C(Cn1c(-c2ccccn2)nc2ccccc21)NC1CCCC1. The molecule has 1 amide bonds. The zero-order valence-corrected chi connectivity index (χ0v) is 13.5. The number of hydrogen-bond donors (Lipinski definition) is 1. The van der Waals surface area contributed by atoms with Crippen molar-refractivity contribution < 1.29 is 4.79 Å². The molecule has 2 aromatic heterocycles. The molecular formula is C19H20N4O. The summed E-state index contributed by atoms with van der Waals surface area (Å²) in [7, 11) is 0. The molecule has 24 heavy (non-hydrogen) atoms. The number of hydrogen-bond acceptors (Lipinski definition) is 3. The summed E-state index contributed by atoms with van der Waals surface area (Å²) in [6, 6.07) is 14.0. The van der Waals surface area contributed by atoms with Crippen LogP contribution < -0.4 is 5.32 Å². The van der Waals surface area contributed by atoms with Crippen LogP contribution in [0.15, 0.2) is 48.7 Å². The first-order valence-electron chi connectivity index (χ1n) is 8.47. The van der Waals surface area contributed by atoms with E-state index in [1.165, 1.54) is 12.8 Å². The number of benzene rings is 1. The topological polar surface area (TPSA) is 59.8 Å². The van der Waals surface area contributed by atoms with Crippen molar-refractivity contribution in [3.8, 4) is 11.5 Å². The summed E-state index contributed by atoms with van der Waals surface area (Å²) in [6.07, 6.45) is 6.33. The Bertz CT molecular complexity index is 850. The normalized spacial score (nSPS) is 15.0. The van der Waals surface area contributed by atoms with Crippen LogP contribution in [0.2, 0.25) is 0 Å². The minimum Gasteiger partial charge on any atom is -0.352 e. The van der Waals surface area contributed by atoms with E-state index in [1.54, 1.807) is 6.20 Å². The molecule has 1 aromatic carbocycles. The maximum atomic E-state index is 12.5. The zero-order valence-electron chi connectivity index (χ0n) is 13.5. The van der Waals surface area contributed by atoms with E-state index in [0.717, 1.165) is 35.4 Å². The van der Waals surface area contributed by atoms with Crippen LogP contribution in [0.5, 0.6) is 0 Å². The lowest BCUT2D eigenvalue weighted by Gasteiger charge is -2.14. The van der Waals surface area contributed by atoms with E-state index >= 15 is 0 Å². The molecule has 1 aliphatic rings. The van der Waals surface area contributed by atoms with Crippen molar-refractivity contribution in [2.24, 2.45) is 0 Å². The molecule has 0 spiro atoms. The first-order valence-corrected chi connectivity index (χ1v) is 8.47. The van der Waals surface area contributed by atoms with E-state index in [-0.39, 0.29) is 12.5 Å². The maximum Gasteiger partial charge on any atom is 0.240 e. The highest BCUT2D eigenvalue weighted by molar-refractivity contribution is 5.84. The molecule has 5 heteroatoms. The van der Waals surface area contributed by atoms with E-state index in [9.17, 15) is 4.79 Å². The van der Waals surface area contributed by atoms with Crippen LogP contribution in [0.4, 0.5) is 0 Å². The predicted molar refractivity (Wildman–Crippen MR) is 93.4 cm³/mol. The number of carbonyl (C=O) groups excluding carboxylic acids is 1. The molecule has 0 atom stereocenters. The van der Waals surface area contributed by atoms with E-state index in [1.807, 2.05) is 47.0 Å². The fourth-order valence-electron chi connectivity index (χ4n) is 3.41. The van der Waals surface area contributed by atoms with Gasteiger partial charge in [-0.15, -0.1) is 0 Å². The van der Waals surface area contributed by atoms with E-state index in [4.69, 9.17) is 0 Å². The standard InChI is InChI=1S/C19H20N4O/c24-18(21-14-7-1-2-8-14)13-23-17-11-4-3-9-15(17)22-19(23)16-10-5-6-12-20-16/h3-6,9-12,14H,1-2,7-8,13H2,(H,21,24). The van der Waals surface area contributed by atoms with Gasteiger partial charge in [0, 0.05) is 12.2 Å². The average molecular weight is 320 g/mol. The Morgan fingerprint density at radius 1 is 1.12 bits per heavy atom. The molecule has 1 aliphatic carbocycles. The number of para-hydroxylation sites is 2. The van der Waals surface area contributed by atoms with Crippen molar-refractivity contribution in [1.29, 1.82) is 0 Å². The third kappa shape index (κ3) is 2.89. The minimum absolute atomic E-state index is 0.0437. The van der Waals surface area contributed by atoms with Gasteiger partial charge in [0.1, 0.15) is 12.2 Å². The molecule has 1 N–H and O–H groups in total. The van der Waals surface area contributed by atoms with Crippen LogP contribution in [0.1, 0.15) is 25.7 Å². The lowest BCUT2D eigenvalue weighted by molar-refractivity contribution is -0.122. The molecule has 4 rings (SSSR count). The summed E-state index contributed by atoms with van der Waals surface area (Å²) >= 11 is 0. The molecule has 1 saturated carbocycles. The molecular weight excluding hydrogens is 300 g/mol. The van der Waals surface area contributed by atoms with E-state index < -0.39 is 0 Å². The first kappa shape index (κ1) is 14.9. The summed E-state index contributed by atoms with van der Waals surface area (Å²) in [5.74, 6) is 0.778. The lowest BCUT2D eigenvalue weighted by atomic mass is 10.2. The van der Waals surface area contributed by atoms with Gasteiger partial charge in [-0.1, -0.05) is 31.0 Å². The van der Waals surface area contributed by atoms with Crippen LogP contribution in [-0.4, -0.2) is 26.5 Å². The smallest absolute Gasteiger partial charge is 0.240 e. The highest BCUT2D eigenvalue weighted by Gasteiger charge is 2.20. The Kier molecular flexibility index (Phi) is 3.99. The zero-order chi connectivity index (χ0) is 16.4. The van der Waals surface area contributed by atoms with Gasteiger partial charge in [0.05, 0.1) is 11.0 Å².